The first-order valence-electron chi connectivity index (χ1n) is 7.09. The predicted molar refractivity (Wildman–Crippen MR) is 76.4 cm³/mol. The van der Waals surface area contributed by atoms with Crippen molar-refractivity contribution in [2.45, 2.75) is 58.8 Å². The molecule has 0 aromatic rings. The Hall–Kier alpha value is 0.310. The van der Waals surface area contributed by atoms with E-state index in [1.807, 2.05) is 0 Å². The third-order valence-electron chi connectivity index (χ3n) is 4.55. The van der Waals surface area contributed by atoms with Crippen molar-refractivity contribution in [1.29, 1.82) is 0 Å². The number of unbranched alkanes of at least 4 members (excludes halogenated alkanes) is 2. The van der Waals surface area contributed by atoms with Gasteiger partial charge in [-0.15, -0.1) is 0 Å². The summed E-state index contributed by atoms with van der Waals surface area (Å²) in [5.74, 6) is 1.05. The van der Waals surface area contributed by atoms with Gasteiger partial charge in [0.1, 0.15) is 0 Å². The van der Waals surface area contributed by atoms with E-state index in [9.17, 15) is 0 Å². The molecule has 0 bridgehead atoms. The third kappa shape index (κ3) is 4.29. The van der Waals surface area contributed by atoms with Crippen molar-refractivity contribution < 1.29 is 0 Å². The van der Waals surface area contributed by atoms with Crippen molar-refractivity contribution in [3.8, 4) is 0 Å². The van der Waals surface area contributed by atoms with Gasteiger partial charge in [0, 0.05) is 0 Å². The summed E-state index contributed by atoms with van der Waals surface area (Å²) < 4.78 is 0. The Kier molecular flexibility index (Phi) is 6.83. The van der Waals surface area contributed by atoms with Gasteiger partial charge in [-0.1, -0.05) is 33.1 Å². The van der Waals surface area contributed by atoms with E-state index in [2.05, 4.69) is 31.4 Å². The summed E-state index contributed by atoms with van der Waals surface area (Å²) in [4.78, 5) is 2.67. The Bertz CT molecular complexity index is 168. The normalized spacial score (nSPS) is 21.2. The Morgan fingerprint density at radius 1 is 1.00 bits per heavy atom. The van der Waals surface area contributed by atoms with Gasteiger partial charge in [0.05, 0.1) is 0 Å². The number of likely N-dealkylation sites (tertiary alicyclic amines) is 1. The van der Waals surface area contributed by atoms with Crippen LogP contribution in [-0.4, -0.2) is 30.3 Å². The molecule has 0 aromatic carbocycles. The zero-order valence-corrected chi connectivity index (χ0v) is 12.1. The van der Waals surface area contributed by atoms with Crippen molar-refractivity contribution in [2.75, 3.05) is 25.4 Å². The van der Waals surface area contributed by atoms with Crippen molar-refractivity contribution >= 4 is 12.6 Å². The van der Waals surface area contributed by atoms with Gasteiger partial charge in [0.25, 0.3) is 0 Å². The standard InChI is InChI=1S/C14H29NS/c1-3-14(4-2)8-11-15(12-9-14)10-6-5-7-13-16/h16H,3-13H2,1-2H3. The van der Waals surface area contributed by atoms with E-state index in [0.29, 0.717) is 5.41 Å². The first-order valence-corrected chi connectivity index (χ1v) is 7.73. The Labute approximate surface area is 107 Å². The van der Waals surface area contributed by atoms with Crippen molar-refractivity contribution in [2.24, 2.45) is 5.41 Å². The van der Waals surface area contributed by atoms with Gasteiger partial charge in [-0.05, 0) is 56.5 Å². The lowest BCUT2D eigenvalue weighted by Gasteiger charge is -2.41. The number of hydrogen-bond acceptors (Lipinski definition) is 2. The minimum Gasteiger partial charge on any atom is -0.303 e. The van der Waals surface area contributed by atoms with Crippen LogP contribution in [0.25, 0.3) is 0 Å². The van der Waals surface area contributed by atoms with Crippen LogP contribution in [-0.2, 0) is 0 Å². The lowest BCUT2D eigenvalue weighted by molar-refractivity contribution is 0.0943. The maximum absolute atomic E-state index is 4.25. The van der Waals surface area contributed by atoms with Gasteiger partial charge in [-0.25, -0.2) is 0 Å². The second-order valence-electron chi connectivity index (χ2n) is 5.33. The Balaban J connectivity index is 2.16. The fourth-order valence-electron chi connectivity index (χ4n) is 2.83. The molecule has 1 aliphatic heterocycles. The molecular weight excluding hydrogens is 214 g/mol. The number of hydrogen-bond donors (Lipinski definition) is 1. The average Bonchev–Trinajstić information content (AvgIpc) is 2.36. The first-order chi connectivity index (χ1) is 7.76. The molecule has 1 rings (SSSR count). The van der Waals surface area contributed by atoms with Crippen molar-refractivity contribution in [3.63, 3.8) is 0 Å². The lowest BCUT2D eigenvalue weighted by Crippen LogP contribution is -2.39. The van der Waals surface area contributed by atoms with Crippen molar-refractivity contribution in [3.05, 3.63) is 0 Å². The van der Waals surface area contributed by atoms with Crippen LogP contribution in [0.5, 0.6) is 0 Å². The SMILES string of the molecule is CCC1(CC)CCN(CCCCCS)CC1. The molecule has 2 heteroatoms. The molecule has 0 saturated carbocycles. The highest BCUT2D eigenvalue weighted by Crippen LogP contribution is 2.37. The number of nitrogens with zero attached hydrogens (tertiary/aromatic N) is 1. The molecule has 1 heterocycles. The number of thiol groups is 1. The molecule has 0 amide bonds. The lowest BCUT2D eigenvalue weighted by atomic mass is 9.74. The van der Waals surface area contributed by atoms with Gasteiger partial charge >= 0.3 is 0 Å². The predicted octanol–water partition coefficient (Wildman–Crippen LogP) is 3.99. The number of rotatable bonds is 7. The van der Waals surface area contributed by atoms with Gasteiger partial charge in [-0.3, -0.25) is 0 Å². The molecule has 1 saturated heterocycles. The fourth-order valence-corrected chi connectivity index (χ4v) is 3.06. The van der Waals surface area contributed by atoms with Crippen LogP contribution in [0.4, 0.5) is 0 Å². The third-order valence-corrected chi connectivity index (χ3v) is 4.87. The molecule has 1 aliphatic rings. The summed E-state index contributed by atoms with van der Waals surface area (Å²) in [7, 11) is 0. The highest BCUT2D eigenvalue weighted by Gasteiger charge is 2.30. The number of piperidine rings is 1. The molecule has 1 fully saturated rings. The van der Waals surface area contributed by atoms with Crippen LogP contribution in [0.2, 0.25) is 0 Å². The monoisotopic (exact) mass is 243 g/mol. The quantitative estimate of drug-likeness (QED) is 0.523. The minimum absolute atomic E-state index is 0.682. The molecule has 0 aromatic heterocycles. The van der Waals surface area contributed by atoms with E-state index in [4.69, 9.17) is 0 Å². The van der Waals surface area contributed by atoms with Crippen LogP contribution >= 0.6 is 12.6 Å². The van der Waals surface area contributed by atoms with E-state index in [-0.39, 0.29) is 0 Å². The van der Waals surface area contributed by atoms with Crippen LogP contribution < -0.4 is 0 Å². The molecular formula is C14H29NS. The van der Waals surface area contributed by atoms with E-state index in [1.54, 1.807) is 0 Å². The average molecular weight is 243 g/mol. The highest BCUT2D eigenvalue weighted by atomic mass is 32.1. The molecule has 96 valence electrons. The molecule has 0 unspecified atom stereocenters. The summed E-state index contributed by atoms with van der Waals surface area (Å²) in [5.41, 5.74) is 0.682. The highest BCUT2D eigenvalue weighted by molar-refractivity contribution is 7.80. The second kappa shape index (κ2) is 7.60. The van der Waals surface area contributed by atoms with Crippen LogP contribution in [0.3, 0.4) is 0 Å². The summed E-state index contributed by atoms with van der Waals surface area (Å²) in [6, 6.07) is 0. The summed E-state index contributed by atoms with van der Waals surface area (Å²) >= 11 is 4.25. The minimum atomic E-state index is 0.682. The van der Waals surface area contributed by atoms with Gasteiger partial charge in [-0.2, -0.15) is 12.6 Å². The fraction of sp³-hybridized carbons (Fsp3) is 1.00. The molecule has 0 atom stereocenters. The molecule has 0 aliphatic carbocycles. The zero-order chi connectivity index (χ0) is 11.9. The van der Waals surface area contributed by atoms with E-state index in [1.165, 1.54) is 64.6 Å². The molecule has 16 heavy (non-hydrogen) atoms. The summed E-state index contributed by atoms with van der Waals surface area (Å²) in [6.45, 7) is 8.72. The van der Waals surface area contributed by atoms with Gasteiger partial charge < -0.3 is 4.90 Å². The van der Waals surface area contributed by atoms with Gasteiger partial charge in [0.2, 0.25) is 0 Å². The molecule has 0 N–H and O–H groups in total. The first kappa shape index (κ1) is 14.4. The van der Waals surface area contributed by atoms with Crippen molar-refractivity contribution in [1.82, 2.24) is 4.90 Å². The molecule has 0 spiro atoms. The van der Waals surface area contributed by atoms with Gasteiger partial charge in [0.15, 0.2) is 0 Å². The Morgan fingerprint density at radius 2 is 1.62 bits per heavy atom. The Morgan fingerprint density at radius 3 is 2.12 bits per heavy atom. The second-order valence-corrected chi connectivity index (χ2v) is 5.78. The topological polar surface area (TPSA) is 3.24 Å². The molecule has 0 radical (unpaired) electrons. The van der Waals surface area contributed by atoms with E-state index < -0.39 is 0 Å². The van der Waals surface area contributed by atoms with E-state index in [0.717, 1.165) is 5.75 Å². The smallest absolute Gasteiger partial charge is 0.00134 e. The maximum atomic E-state index is 4.25. The van der Waals surface area contributed by atoms with Crippen LogP contribution in [0.1, 0.15) is 58.8 Å². The summed E-state index contributed by atoms with van der Waals surface area (Å²) in [6.07, 6.45) is 9.59. The maximum Gasteiger partial charge on any atom is -0.00134 e. The zero-order valence-electron chi connectivity index (χ0n) is 11.2. The summed E-state index contributed by atoms with van der Waals surface area (Å²) in [5, 5.41) is 0. The van der Waals surface area contributed by atoms with Crippen LogP contribution in [0, 0.1) is 5.41 Å². The largest absolute Gasteiger partial charge is 0.303 e. The van der Waals surface area contributed by atoms with E-state index >= 15 is 0 Å². The molecule has 1 nitrogen and oxygen atoms in total. The van der Waals surface area contributed by atoms with Crippen LogP contribution in [0.15, 0.2) is 0 Å².